The maximum Gasteiger partial charge on any atom is 1.00 e. The summed E-state index contributed by atoms with van der Waals surface area (Å²) >= 11 is 0. The van der Waals surface area contributed by atoms with E-state index in [2.05, 4.69) is 0 Å². The van der Waals surface area contributed by atoms with Gasteiger partial charge in [0.05, 0.1) is 0 Å². The van der Waals surface area contributed by atoms with Crippen molar-refractivity contribution >= 4 is 10.5 Å². The number of halogens is 3. The smallest absolute Gasteiger partial charge is 0.686 e. The Bertz CT molecular complexity index is 119. The van der Waals surface area contributed by atoms with Crippen LogP contribution in [0.3, 0.4) is 0 Å². The predicted molar refractivity (Wildman–Crippen MR) is 19.4 cm³/mol. The molecule has 0 amide bonds. The van der Waals surface area contributed by atoms with Gasteiger partial charge in [-0.2, -0.15) is 13.2 Å². The number of nitrogens with zero attached hydrogens (tertiary/aromatic N) is 1. The normalized spacial score (nSPS) is 6.67. The van der Waals surface area contributed by atoms with E-state index in [9.17, 15) is 13.2 Å². The molecule has 0 rings (SSSR count). The summed E-state index contributed by atoms with van der Waals surface area (Å²) in [6, 6.07) is 0. The molecule has 0 aromatic carbocycles. The maximum atomic E-state index is 9.67. The van der Waals surface area contributed by atoms with Crippen LogP contribution in [0.5, 0.6) is 0 Å². The zero-order valence-corrected chi connectivity index (χ0v) is 5.20. The van der Waals surface area contributed by atoms with Gasteiger partial charge in [0.2, 0.25) is 0 Å². The van der Waals surface area contributed by atoms with E-state index in [4.69, 9.17) is 13.2 Å². The van der Waals surface area contributed by atoms with E-state index in [1.54, 1.807) is 0 Å². The topological polar surface area (TPSA) is 56.4 Å². The van der Waals surface area contributed by atoms with Gasteiger partial charge >= 0.3 is 25.5 Å². The van der Waals surface area contributed by atoms with Crippen molar-refractivity contribution in [1.29, 1.82) is 0 Å². The van der Waals surface area contributed by atoms with Crippen molar-refractivity contribution in [2.45, 2.75) is 6.68 Å². The van der Waals surface area contributed by atoms with Gasteiger partial charge in [-0.1, -0.05) is 0 Å². The van der Waals surface area contributed by atoms with Crippen molar-refractivity contribution in [2.24, 2.45) is 0 Å². The largest absolute Gasteiger partial charge is 1.00 e. The van der Waals surface area contributed by atoms with Crippen LogP contribution in [0.2, 0.25) is 0 Å². The van der Waals surface area contributed by atoms with Crippen molar-refractivity contribution in [3.05, 3.63) is 4.78 Å². The predicted octanol–water partition coefficient (Wildman–Crippen LogP) is -2.20. The second-order valence-electron chi connectivity index (χ2n) is 0.465. The molecule has 0 radical (unpaired) electrons. The van der Waals surface area contributed by atoms with Gasteiger partial charge in [0.1, 0.15) is 10.5 Å². The number of alkyl halides is 3. The quantitative estimate of drug-likeness (QED) is 0.373. The third kappa shape index (κ3) is 5270000. The van der Waals surface area contributed by atoms with Crippen LogP contribution < -0.4 is 18.9 Å². The van der Waals surface area contributed by atoms with Crippen molar-refractivity contribution in [1.82, 2.24) is 0 Å². The monoisotopic (exact) mass is 155 g/mol. The van der Waals surface area contributed by atoms with Gasteiger partial charge < -0.3 is 4.78 Å². The fourth-order valence-corrected chi connectivity index (χ4v) is 0. The summed E-state index contributed by atoms with van der Waals surface area (Å²) in [5.41, 5.74) is 0. The number of hydrogen-bond donors (Lipinski definition) is 0. The van der Waals surface area contributed by atoms with E-state index in [1.165, 1.54) is 0 Å². The van der Waals surface area contributed by atoms with Gasteiger partial charge in [-0.3, -0.25) is 0 Å². The Labute approximate surface area is 62.9 Å². The molecule has 0 aromatic rings. The molecule has 0 unspecified atom stereocenters. The molecule has 0 aromatic heterocycles. The standard InChI is InChI=1S/CHF3.Li.NO2S/c2-1(3)4;;1-4(2)3/h1H;;/q;+1;-1. The third-order valence-electron chi connectivity index (χ3n) is 0. The Hall–Kier alpha value is 0.00740. The Morgan fingerprint density at radius 2 is 1.22 bits per heavy atom. The molecule has 8 heteroatoms. The van der Waals surface area contributed by atoms with Gasteiger partial charge in [-0.15, -0.1) is 0 Å². The Morgan fingerprint density at radius 3 is 1.22 bits per heavy atom. The van der Waals surface area contributed by atoms with Gasteiger partial charge in [0, 0.05) is 0 Å². The Morgan fingerprint density at radius 1 is 1.22 bits per heavy atom. The van der Waals surface area contributed by atoms with Crippen molar-refractivity contribution in [3.63, 3.8) is 0 Å². The van der Waals surface area contributed by atoms with Gasteiger partial charge in [0.25, 0.3) is 0 Å². The van der Waals surface area contributed by atoms with Crippen LogP contribution in [0.25, 0.3) is 4.78 Å². The molecule has 0 N–H and O–H groups in total. The molecule has 0 aliphatic heterocycles. The van der Waals surface area contributed by atoms with Crippen molar-refractivity contribution < 1.29 is 40.4 Å². The minimum Gasteiger partial charge on any atom is -0.686 e. The summed E-state index contributed by atoms with van der Waals surface area (Å²) in [6.07, 6.45) is 0. The Balaban J connectivity index is -0.0000000720. The van der Waals surface area contributed by atoms with Crippen LogP contribution in [-0.2, 0) is 10.5 Å². The third-order valence-corrected chi connectivity index (χ3v) is 0. The van der Waals surface area contributed by atoms with Crippen molar-refractivity contribution in [2.75, 3.05) is 0 Å². The van der Waals surface area contributed by atoms with Crippen LogP contribution >= 0.6 is 0 Å². The molecule has 0 aliphatic carbocycles. The first kappa shape index (κ1) is 16.0. The van der Waals surface area contributed by atoms with Gasteiger partial charge in [-0.25, -0.2) is 8.42 Å². The summed E-state index contributed by atoms with van der Waals surface area (Å²) in [6.45, 7) is -3.67. The van der Waals surface area contributed by atoms with Crippen LogP contribution in [0, 0.1) is 0 Å². The average molecular weight is 155 g/mol. The summed E-state index contributed by atoms with van der Waals surface area (Å²) in [5.74, 6) is 0. The first-order valence-electron chi connectivity index (χ1n) is 1.17. The summed E-state index contributed by atoms with van der Waals surface area (Å²) in [4.78, 5) is 0. The molecule has 0 fully saturated rings. The Kier molecular flexibility index (Phi) is 19.4. The van der Waals surface area contributed by atoms with Crippen molar-refractivity contribution in [3.8, 4) is 0 Å². The van der Waals surface area contributed by atoms with Crippen LogP contribution in [-0.4, -0.2) is 15.1 Å². The van der Waals surface area contributed by atoms with Gasteiger partial charge in [0.15, 0.2) is 0 Å². The molecule has 0 bridgehead atoms. The summed E-state index contributed by atoms with van der Waals surface area (Å²) in [5, 5.41) is 0. The second-order valence-corrected chi connectivity index (χ2v) is 0.899. The average Bonchev–Trinajstić information content (AvgIpc) is 1.25. The molecule has 0 saturated carbocycles. The second kappa shape index (κ2) is 10.9. The zero-order valence-electron chi connectivity index (χ0n) is 4.38. The molecule has 0 spiro atoms. The van der Waals surface area contributed by atoms with Crippen LogP contribution in [0.15, 0.2) is 0 Å². The zero-order chi connectivity index (χ0) is 7.15. The first-order valence-corrected chi connectivity index (χ1v) is 2.20. The van der Waals surface area contributed by atoms with E-state index >= 15 is 0 Å². The molecule has 3 nitrogen and oxygen atoms in total. The van der Waals surface area contributed by atoms with Gasteiger partial charge in [-0.05, 0) is 0 Å². The number of hydrogen-bond acceptors (Lipinski definition) is 2. The molecular formula is CHF3LiNO2S. The van der Waals surface area contributed by atoms with Crippen LogP contribution in [0.4, 0.5) is 13.2 Å². The SMILES string of the molecule is FC(F)F.[Li+].[N-]=S(=O)=O. The van der Waals surface area contributed by atoms with E-state index in [0.717, 1.165) is 0 Å². The molecular weight excluding hydrogens is 154 g/mol. The molecule has 0 aliphatic rings. The molecule has 0 heterocycles. The minimum absolute atomic E-state index is 0. The van der Waals surface area contributed by atoms with E-state index in [1.807, 2.05) is 0 Å². The summed E-state index contributed by atoms with van der Waals surface area (Å²) < 4.78 is 53.1. The molecule has 50 valence electrons. The maximum absolute atomic E-state index is 9.67. The fraction of sp³-hybridized carbons (Fsp3) is 1.00. The van der Waals surface area contributed by atoms with E-state index < -0.39 is 17.2 Å². The van der Waals surface area contributed by atoms with Crippen LogP contribution in [0.1, 0.15) is 0 Å². The van der Waals surface area contributed by atoms with E-state index in [-0.39, 0.29) is 18.9 Å². The molecule has 9 heavy (non-hydrogen) atoms. The van der Waals surface area contributed by atoms with E-state index in [0.29, 0.717) is 0 Å². The fourth-order valence-electron chi connectivity index (χ4n) is 0. The molecule has 0 atom stereocenters. The number of rotatable bonds is 0. The molecule has 0 saturated heterocycles. The first-order chi connectivity index (χ1) is 3.46. The summed E-state index contributed by atoms with van der Waals surface area (Å²) in [7, 11) is -2.86. The minimum atomic E-state index is -3.67.